The van der Waals surface area contributed by atoms with Gasteiger partial charge in [-0.15, -0.1) is 0 Å². The third-order valence-corrected chi connectivity index (χ3v) is 2.71. The second kappa shape index (κ2) is 5.53. The van der Waals surface area contributed by atoms with Crippen LogP contribution in [-0.4, -0.2) is 16.7 Å². The molecule has 0 atom stereocenters. The number of hydrogen-bond donors (Lipinski definition) is 0. The minimum absolute atomic E-state index is 0.0850. The molecule has 0 N–H and O–H groups in total. The lowest BCUT2D eigenvalue weighted by Crippen LogP contribution is -2.23. The minimum Gasteiger partial charge on any atom is -0.468 e. The molecule has 20 heavy (non-hydrogen) atoms. The smallest absolute Gasteiger partial charge is 0.299 e. The maximum absolute atomic E-state index is 13.4. The first-order valence-electron chi connectivity index (χ1n) is 5.85. The highest BCUT2D eigenvalue weighted by Crippen LogP contribution is 2.12. The standard InChI is InChI=1S/C14H12FN3O2/c1-9-3-13(19)18(14(17-9)20-2)8-11-4-10(7-16)5-12(15)6-11/h3-6H,8H2,1-2H3. The largest absolute Gasteiger partial charge is 0.468 e. The van der Waals surface area contributed by atoms with E-state index in [1.807, 2.05) is 6.07 Å². The Bertz CT molecular complexity index is 747. The summed E-state index contributed by atoms with van der Waals surface area (Å²) >= 11 is 0. The van der Waals surface area contributed by atoms with E-state index in [0.717, 1.165) is 6.07 Å². The summed E-state index contributed by atoms with van der Waals surface area (Å²) < 4.78 is 19.7. The van der Waals surface area contributed by atoms with Crippen molar-refractivity contribution in [2.24, 2.45) is 0 Å². The number of rotatable bonds is 3. The van der Waals surface area contributed by atoms with Gasteiger partial charge in [0.15, 0.2) is 0 Å². The van der Waals surface area contributed by atoms with E-state index in [4.69, 9.17) is 10.00 Å². The fourth-order valence-electron chi connectivity index (χ4n) is 1.88. The van der Waals surface area contributed by atoms with Gasteiger partial charge in [0.2, 0.25) is 0 Å². The van der Waals surface area contributed by atoms with Gasteiger partial charge in [0, 0.05) is 11.8 Å². The maximum Gasteiger partial charge on any atom is 0.299 e. The van der Waals surface area contributed by atoms with E-state index < -0.39 is 5.82 Å². The van der Waals surface area contributed by atoms with Gasteiger partial charge >= 0.3 is 0 Å². The Morgan fingerprint density at radius 3 is 2.80 bits per heavy atom. The summed E-state index contributed by atoms with van der Waals surface area (Å²) in [6.45, 7) is 1.77. The van der Waals surface area contributed by atoms with Crippen molar-refractivity contribution >= 4 is 0 Å². The third kappa shape index (κ3) is 2.83. The Labute approximate surface area is 114 Å². The first-order chi connectivity index (χ1) is 9.53. The molecule has 0 saturated heterocycles. The zero-order chi connectivity index (χ0) is 14.7. The number of nitriles is 1. The Hall–Kier alpha value is -2.68. The summed E-state index contributed by atoms with van der Waals surface area (Å²) in [4.78, 5) is 16.0. The van der Waals surface area contributed by atoms with Gasteiger partial charge in [-0.05, 0) is 30.7 Å². The average Bonchev–Trinajstić information content (AvgIpc) is 2.40. The van der Waals surface area contributed by atoms with E-state index in [-0.39, 0.29) is 23.7 Å². The van der Waals surface area contributed by atoms with Gasteiger partial charge in [-0.3, -0.25) is 9.36 Å². The van der Waals surface area contributed by atoms with Crippen LogP contribution in [-0.2, 0) is 6.54 Å². The van der Waals surface area contributed by atoms with E-state index >= 15 is 0 Å². The van der Waals surface area contributed by atoms with Crippen molar-refractivity contribution in [3.05, 3.63) is 57.3 Å². The molecular formula is C14H12FN3O2. The van der Waals surface area contributed by atoms with Gasteiger partial charge in [0.05, 0.1) is 25.3 Å². The maximum atomic E-state index is 13.4. The predicted octanol–water partition coefficient (Wildman–Crippen LogP) is 1.62. The Kier molecular flexibility index (Phi) is 3.80. The molecule has 0 fully saturated rings. The Balaban J connectivity index is 2.48. The predicted molar refractivity (Wildman–Crippen MR) is 70.0 cm³/mol. The second-order valence-corrected chi connectivity index (χ2v) is 4.27. The van der Waals surface area contributed by atoms with Crippen LogP contribution in [0.4, 0.5) is 4.39 Å². The highest BCUT2D eigenvalue weighted by atomic mass is 19.1. The number of aryl methyl sites for hydroxylation is 1. The van der Waals surface area contributed by atoms with E-state index in [9.17, 15) is 9.18 Å². The summed E-state index contributed by atoms with van der Waals surface area (Å²) in [6.07, 6.45) is 0. The molecule has 0 amide bonds. The fraction of sp³-hybridized carbons (Fsp3) is 0.214. The van der Waals surface area contributed by atoms with E-state index in [1.54, 1.807) is 6.92 Å². The van der Waals surface area contributed by atoms with Gasteiger partial charge < -0.3 is 4.74 Å². The first kappa shape index (κ1) is 13.7. The third-order valence-electron chi connectivity index (χ3n) is 2.71. The molecule has 1 heterocycles. The van der Waals surface area contributed by atoms with E-state index in [2.05, 4.69) is 4.98 Å². The van der Waals surface area contributed by atoms with Crippen molar-refractivity contribution in [3.63, 3.8) is 0 Å². The molecule has 0 aliphatic heterocycles. The van der Waals surface area contributed by atoms with Crippen LogP contribution in [0.25, 0.3) is 0 Å². The van der Waals surface area contributed by atoms with Gasteiger partial charge in [-0.2, -0.15) is 5.26 Å². The van der Waals surface area contributed by atoms with Crippen LogP contribution in [0.5, 0.6) is 6.01 Å². The lowest BCUT2D eigenvalue weighted by molar-refractivity contribution is 0.349. The number of aromatic nitrogens is 2. The highest BCUT2D eigenvalue weighted by Gasteiger charge is 2.09. The van der Waals surface area contributed by atoms with Crippen molar-refractivity contribution in [1.82, 2.24) is 9.55 Å². The molecular weight excluding hydrogens is 261 g/mol. The number of nitrogens with zero attached hydrogens (tertiary/aromatic N) is 3. The molecule has 102 valence electrons. The summed E-state index contributed by atoms with van der Waals surface area (Å²) in [5.74, 6) is -0.522. The molecule has 0 radical (unpaired) electrons. The summed E-state index contributed by atoms with van der Waals surface area (Å²) in [7, 11) is 1.41. The SMILES string of the molecule is COc1nc(C)cc(=O)n1Cc1cc(F)cc(C#N)c1. The quantitative estimate of drug-likeness (QED) is 0.852. The minimum atomic E-state index is -0.522. The van der Waals surface area contributed by atoms with Crippen LogP contribution < -0.4 is 10.3 Å². The van der Waals surface area contributed by atoms with E-state index in [0.29, 0.717) is 11.3 Å². The van der Waals surface area contributed by atoms with Crippen molar-refractivity contribution in [3.8, 4) is 12.1 Å². The summed E-state index contributed by atoms with van der Waals surface area (Å²) in [5, 5.41) is 8.82. The lowest BCUT2D eigenvalue weighted by atomic mass is 10.1. The molecule has 1 aromatic heterocycles. The van der Waals surface area contributed by atoms with Crippen LogP contribution in [0.3, 0.4) is 0 Å². The first-order valence-corrected chi connectivity index (χ1v) is 5.85. The normalized spacial score (nSPS) is 10.1. The molecule has 0 aliphatic rings. The van der Waals surface area contributed by atoms with Gasteiger partial charge in [0.25, 0.3) is 11.6 Å². The topological polar surface area (TPSA) is 67.9 Å². The molecule has 0 spiro atoms. The highest BCUT2D eigenvalue weighted by molar-refractivity contribution is 5.34. The number of ether oxygens (including phenoxy) is 1. The van der Waals surface area contributed by atoms with Crippen molar-refractivity contribution < 1.29 is 9.13 Å². The zero-order valence-electron chi connectivity index (χ0n) is 11.1. The molecule has 0 saturated carbocycles. The van der Waals surface area contributed by atoms with Crippen molar-refractivity contribution in [1.29, 1.82) is 5.26 Å². The Morgan fingerprint density at radius 2 is 2.15 bits per heavy atom. The van der Waals surface area contributed by atoms with Crippen LogP contribution >= 0.6 is 0 Å². The molecule has 2 aromatic rings. The molecule has 2 rings (SSSR count). The van der Waals surface area contributed by atoms with Gasteiger partial charge in [-0.1, -0.05) is 0 Å². The van der Waals surface area contributed by atoms with Crippen LogP contribution in [0.2, 0.25) is 0 Å². The molecule has 0 unspecified atom stereocenters. The van der Waals surface area contributed by atoms with Gasteiger partial charge in [0.1, 0.15) is 5.82 Å². The van der Waals surface area contributed by atoms with Crippen molar-refractivity contribution in [2.45, 2.75) is 13.5 Å². The monoisotopic (exact) mass is 273 g/mol. The van der Waals surface area contributed by atoms with Gasteiger partial charge in [-0.25, -0.2) is 9.37 Å². The number of hydrogen-bond acceptors (Lipinski definition) is 4. The number of benzene rings is 1. The van der Waals surface area contributed by atoms with E-state index in [1.165, 1.54) is 29.9 Å². The Morgan fingerprint density at radius 1 is 1.40 bits per heavy atom. The molecule has 0 bridgehead atoms. The second-order valence-electron chi connectivity index (χ2n) is 4.27. The van der Waals surface area contributed by atoms with Crippen LogP contribution in [0, 0.1) is 24.1 Å². The zero-order valence-corrected chi connectivity index (χ0v) is 11.1. The fourth-order valence-corrected chi connectivity index (χ4v) is 1.88. The molecule has 0 aliphatic carbocycles. The molecule has 1 aromatic carbocycles. The van der Waals surface area contributed by atoms with Crippen molar-refractivity contribution in [2.75, 3.05) is 7.11 Å². The summed E-state index contributed by atoms with van der Waals surface area (Å²) in [6, 6.07) is 7.32. The summed E-state index contributed by atoms with van der Waals surface area (Å²) in [5.41, 5.74) is 0.942. The van der Waals surface area contributed by atoms with Crippen LogP contribution in [0.15, 0.2) is 29.1 Å². The average molecular weight is 273 g/mol. The number of halogens is 1. The number of methoxy groups -OCH3 is 1. The lowest BCUT2D eigenvalue weighted by Gasteiger charge is -2.11. The molecule has 5 nitrogen and oxygen atoms in total. The molecule has 6 heteroatoms. The van der Waals surface area contributed by atoms with Crippen LogP contribution in [0.1, 0.15) is 16.8 Å².